The molecule has 6 nitrogen and oxygen atoms in total. The van der Waals surface area contributed by atoms with Crippen LogP contribution >= 0.6 is 0 Å². The summed E-state index contributed by atoms with van der Waals surface area (Å²) in [6, 6.07) is 1.81. The fourth-order valence-electron chi connectivity index (χ4n) is 1.55. The molecule has 2 aromatic heterocycles. The highest BCUT2D eigenvalue weighted by Crippen LogP contribution is 2.16. The minimum atomic E-state index is 0.522. The SMILES string of the molecule is CCOc1cc(C)nc(Nc2cnn(CC)c2)n1. The van der Waals surface area contributed by atoms with Crippen LogP contribution in [-0.4, -0.2) is 26.4 Å². The van der Waals surface area contributed by atoms with Crippen LogP contribution in [0, 0.1) is 6.92 Å². The molecule has 0 aliphatic rings. The van der Waals surface area contributed by atoms with Gasteiger partial charge in [0.05, 0.1) is 18.5 Å². The van der Waals surface area contributed by atoms with Gasteiger partial charge in [-0.3, -0.25) is 4.68 Å². The molecule has 0 spiro atoms. The van der Waals surface area contributed by atoms with Crippen molar-refractivity contribution in [3.8, 4) is 5.88 Å². The number of aromatic nitrogens is 4. The summed E-state index contributed by atoms with van der Waals surface area (Å²) in [5.74, 6) is 1.10. The Hall–Kier alpha value is -2.11. The number of aryl methyl sites for hydroxylation is 2. The fourth-order valence-corrected chi connectivity index (χ4v) is 1.55. The summed E-state index contributed by atoms with van der Waals surface area (Å²) >= 11 is 0. The molecule has 0 fully saturated rings. The van der Waals surface area contributed by atoms with E-state index in [1.54, 1.807) is 6.20 Å². The van der Waals surface area contributed by atoms with Crippen molar-refractivity contribution < 1.29 is 4.74 Å². The van der Waals surface area contributed by atoms with Gasteiger partial charge in [-0.2, -0.15) is 10.1 Å². The molecule has 96 valence electrons. The molecular formula is C12H17N5O. The maximum atomic E-state index is 5.38. The van der Waals surface area contributed by atoms with Gasteiger partial charge >= 0.3 is 0 Å². The van der Waals surface area contributed by atoms with E-state index in [0.717, 1.165) is 17.9 Å². The number of ether oxygens (including phenoxy) is 1. The van der Waals surface area contributed by atoms with Crippen LogP contribution in [0.2, 0.25) is 0 Å². The summed E-state index contributed by atoms with van der Waals surface area (Å²) in [5, 5.41) is 7.29. The smallest absolute Gasteiger partial charge is 0.230 e. The fraction of sp³-hybridized carbons (Fsp3) is 0.417. The zero-order valence-corrected chi connectivity index (χ0v) is 10.8. The Kier molecular flexibility index (Phi) is 3.76. The Labute approximate surface area is 106 Å². The normalized spacial score (nSPS) is 10.4. The van der Waals surface area contributed by atoms with Gasteiger partial charge < -0.3 is 10.1 Å². The van der Waals surface area contributed by atoms with Crippen LogP contribution in [0.1, 0.15) is 19.5 Å². The van der Waals surface area contributed by atoms with Crippen molar-refractivity contribution >= 4 is 11.6 Å². The molecule has 0 aliphatic carbocycles. The molecule has 0 unspecified atom stereocenters. The van der Waals surface area contributed by atoms with Crippen LogP contribution in [-0.2, 0) is 6.54 Å². The lowest BCUT2D eigenvalue weighted by atomic mass is 10.4. The molecule has 18 heavy (non-hydrogen) atoms. The number of rotatable bonds is 5. The summed E-state index contributed by atoms with van der Waals surface area (Å²) in [6.07, 6.45) is 3.65. The van der Waals surface area contributed by atoms with Crippen LogP contribution in [0.15, 0.2) is 18.5 Å². The molecule has 0 bridgehead atoms. The van der Waals surface area contributed by atoms with Gasteiger partial charge in [0.1, 0.15) is 0 Å². The highest BCUT2D eigenvalue weighted by atomic mass is 16.5. The molecule has 2 rings (SSSR count). The van der Waals surface area contributed by atoms with Crippen molar-refractivity contribution in [1.29, 1.82) is 0 Å². The standard InChI is InChI=1S/C12H17N5O/c1-4-17-8-10(7-13-17)15-12-14-9(3)6-11(16-12)18-5-2/h6-8H,4-5H2,1-3H3,(H,14,15,16). The third-order valence-electron chi connectivity index (χ3n) is 2.34. The van der Waals surface area contributed by atoms with Crippen LogP contribution in [0.25, 0.3) is 0 Å². The summed E-state index contributed by atoms with van der Waals surface area (Å²) in [4.78, 5) is 8.58. The molecule has 0 radical (unpaired) electrons. The summed E-state index contributed by atoms with van der Waals surface area (Å²) in [6.45, 7) is 7.29. The zero-order chi connectivity index (χ0) is 13.0. The Morgan fingerprint density at radius 1 is 1.33 bits per heavy atom. The molecular weight excluding hydrogens is 230 g/mol. The number of hydrogen-bond acceptors (Lipinski definition) is 5. The Balaban J connectivity index is 2.17. The average Bonchev–Trinajstić information content (AvgIpc) is 2.76. The first kappa shape index (κ1) is 12.3. The molecule has 0 atom stereocenters. The second kappa shape index (κ2) is 5.48. The largest absolute Gasteiger partial charge is 0.478 e. The molecule has 6 heteroatoms. The number of nitrogens with one attached hydrogen (secondary N) is 1. The first-order valence-electron chi connectivity index (χ1n) is 5.99. The lowest BCUT2D eigenvalue weighted by Crippen LogP contribution is -2.02. The molecule has 0 aliphatic heterocycles. The maximum Gasteiger partial charge on any atom is 0.230 e. The molecule has 2 heterocycles. The van der Waals surface area contributed by atoms with Gasteiger partial charge in [-0.15, -0.1) is 0 Å². The first-order valence-corrected chi connectivity index (χ1v) is 5.99. The number of nitrogens with zero attached hydrogens (tertiary/aromatic N) is 4. The molecule has 2 aromatic rings. The quantitative estimate of drug-likeness (QED) is 0.877. The first-order chi connectivity index (χ1) is 8.71. The number of anilines is 2. The minimum absolute atomic E-state index is 0.522. The Morgan fingerprint density at radius 3 is 2.83 bits per heavy atom. The molecule has 0 saturated heterocycles. The number of hydrogen-bond donors (Lipinski definition) is 1. The van der Waals surface area contributed by atoms with Crippen molar-refractivity contribution in [2.45, 2.75) is 27.3 Å². The summed E-state index contributed by atoms with van der Waals surface area (Å²) in [5.41, 5.74) is 1.73. The molecule has 1 N–H and O–H groups in total. The van der Waals surface area contributed by atoms with Gasteiger partial charge in [0.2, 0.25) is 11.8 Å². The van der Waals surface area contributed by atoms with Gasteiger partial charge in [0.15, 0.2) is 0 Å². The average molecular weight is 247 g/mol. The predicted octanol–water partition coefficient (Wildman–Crippen LogP) is 2.14. The maximum absolute atomic E-state index is 5.38. The van der Waals surface area contributed by atoms with Crippen LogP contribution in [0.4, 0.5) is 11.6 Å². The lowest BCUT2D eigenvalue weighted by Gasteiger charge is -2.06. The van der Waals surface area contributed by atoms with E-state index in [9.17, 15) is 0 Å². The topological polar surface area (TPSA) is 64.9 Å². The van der Waals surface area contributed by atoms with Gasteiger partial charge in [0.25, 0.3) is 0 Å². The van der Waals surface area contributed by atoms with Crippen molar-refractivity contribution in [3.05, 3.63) is 24.2 Å². The highest BCUT2D eigenvalue weighted by molar-refractivity contribution is 5.51. The van der Waals surface area contributed by atoms with E-state index in [4.69, 9.17) is 4.74 Å². The highest BCUT2D eigenvalue weighted by Gasteiger charge is 2.04. The third kappa shape index (κ3) is 2.97. The summed E-state index contributed by atoms with van der Waals surface area (Å²) < 4.78 is 7.21. The lowest BCUT2D eigenvalue weighted by molar-refractivity contribution is 0.326. The van der Waals surface area contributed by atoms with Gasteiger partial charge in [-0.1, -0.05) is 0 Å². The van der Waals surface area contributed by atoms with Crippen LogP contribution in [0.3, 0.4) is 0 Å². The van der Waals surface area contributed by atoms with E-state index in [-0.39, 0.29) is 0 Å². The summed E-state index contributed by atoms with van der Waals surface area (Å²) in [7, 11) is 0. The second-order valence-electron chi connectivity index (χ2n) is 3.81. The van der Waals surface area contributed by atoms with Crippen molar-refractivity contribution in [2.24, 2.45) is 0 Å². The van der Waals surface area contributed by atoms with E-state index < -0.39 is 0 Å². The monoisotopic (exact) mass is 247 g/mol. The van der Waals surface area contributed by atoms with E-state index in [1.165, 1.54) is 0 Å². The van der Waals surface area contributed by atoms with Crippen LogP contribution in [0.5, 0.6) is 5.88 Å². The van der Waals surface area contributed by atoms with Gasteiger partial charge in [-0.05, 0) is 20.8 Å². The van der Waals surface area contributed by atoms with Gasteiger partial charge in [-0.25, -0.2) is 4.98 Å². The van der Waals surface area contributed by atoms with Crippen molar-refractivity contribution in [1.82, 2.24) is 19.7 Å². The zero-order valence-electron chi connectivity index (χ0n) is 10.8. The van der Waals surface area contributed by atoms with E-state index >= 15 is 0 Å². The van der Waals surface area contributed by atoms with Crippen LogP contribution < -0.4 is 10.1 Å². The minimum Gasteiger partial charge on any atom is -0.478 e. The van der Waals surface area contributed by atoms with E-state index in [2.05, 4.69) is 20.4 Å². The third-order valence-corrected chi connectivity index (χ3v) is 2.34. The Bertz CT molecular complexity index is 523. The van der Waals surface area contributed by atoms with Gasteiger partial charge in [0, 0.05) is 24.5 Å². The van der Waals surface area contributed by atoms with E-state index in [0.29, 0.717) is 18.4 Å². The molecule has 0 saturated carbocycles. The van der Waals surface area contributed by atoms with Crippen molar-refractivity contribution in [2.75, 3.05) is 11.9 Å². The molecule has 0 aromatic carbocycles. The van der Waals surface area contributed by atoms with E-state index in [1.807, 2.05) is 37.7 Å². The predicted molar refractivity (Wildman–Crippen MR) is 69.1 cm³/mol. The second-order valence-corrected chi connectivity index (χ2v) is 3.81. The van der Waals surface area contributed by atoms with Crippen molar-refractivity contribution in [3.63, 3.8) is 0 Å². The molecule has 0 amide bonds. The Morgan fingerprint density at radius 2 is 2.17 bits per heavy atom.